The fraction of sp³-hybridized carbons (Fsp3) is 0.625. The molecule has 3 nitrogen and oxygen atoms in total. The predicted molar refractivity (Wildman–Crippen MR) is 48.6 cm³/mol. The van der Waals surface area contributed by atoms with E-state index >= 15 is 0 Å². The molecule has 0 aliphatic rings. The van der Waals surface area contributed by atoms with Gasteiger partial charge in [-0.05, 0) is 0 Å². The lowest BCUT2D eigenvalue weighted by molar-refractivity contribution is 0.0187. The van der Waals surface area contributed by atoms with E-state index in [4.69, 9.17) is 9.84 Å². The van der Waals surface area contributed by atoms with Crippen LogP contribution >= 0.6 is 11.3 Å². The Morgan fingerprint density at radius 1 is 1.57 bits per heavy atom. The summed E-state index contributed by atoms with van der Waals surface area (Å²) in [5, 5.41) is 11.2. The Morgan fingerprint density at radius 2 is 2.36 bits per heavy atom. The molecule has 0 amide bonds. The smallest absolute Gasteiger partial charge is 0.261 e. The van der Waals surface area contributed by atoms with Gasteiger partial charge >= 0.3 is 0 Å². The average molecular weight is 223 g/mol. The van der Waals surface area contributed by atoms with Crippen LogP contribution in [0.5, 0.6) is 0 Å². The van der Waals surface area contributed by atoms with Gasteiger partial charge in [0.25, 0.3) is 6.43 Å². The van der Waals surface area contributed by atoms with Crippen molar-refractivity contribution in [3.05, 3.63) is 16.1 Å². The SMILES string of the molecule is OCc1csc(CCOCC(F)F)n1. The van der Waals surface area contributed by atoms with Crippen LogP contribution in [0.15, 0.2) is 5.38 Å². The van der Waals surface area contributed by atoms with Gasteiger partial charge in [0.15, 0.2) is 0 Å². The summed E-state index contributed by atoms with van der Waals surface area (Å²) in [4.78, 5) is 4.05. The second-order valence-electron chi connectivity index (χ2n) is 2.61. The third-order valence-corrected chi connectivity index (χ3v) is 2.42. The minimum atomic E-state index is -2.42. The van der Waals surface area contributed by atoms with Crippen LogP contribution < -0.4 is 0 Å². The van der Waals surface area contributed by atoms with Gasteiger partial charge in [-0.1, -0.05) is 0 Å². The second-order valence-corrected chi connectivity index (χ2v) is 3.55. The number of hydrogen-bond acceptors (Lipinski definition) is 4. The van der Waals surface area contributed by atoms with Crippen molar-refractivity contribution >= 4 is 11.3 Å². The number of nitrogens with zero attached hydrogens (tertiary/aromatic N) is 1. The first-order valence-electron chi connectivity index (χ1n) is 4.12. The third-order valence-electron chi connectivity index (χ3n) is 1.47. The molecule has 0 unspecified atom stereocenters. The second kappa shape index (κ2) is 6.00. The summed E-state index contributed by atoms with van der Waals surface area (Å²) in [6, 6.07) is 0. The molecule has 80 valence electrons. The first-order chi connectivity index (χ1) is 6.72. The maximum atomic E-state index is 11.6. The van der Waals surface area contributed by atoms with Crippen molar-refractivity contribution in [1.29, 1.82) is 0 Å². The fourth-order valence-corrected chi connectivity index (χ4v) is 1.64. The van der Waals surface area contributed by atoms with Gasteiger partial charge in [-0.3, -0.25) is 0 Å². The van der Waals surface area contributed by atoms with Crippen LogP contribution in [0.3, 0.4) is 0 Å². The molecular weight excluding hydrogens is 212 g/mol. The molecule has 0 saturated carbocycles. The monoisotopic (exact) mass is 223 g/mol. The first-order valence-corrected chi connectivity index (χ1v) is 5.00. The van der Waals surface area contributed by atoms with Crippen molar-refractivity contribution in [2.24, 2.45) is 0 Å². The van der Waals surface area contributed by atoms with Crippen molar-refractivity contribution in [2.75, 3.05) is 13.2 Å². The Kier molecular flexibility index (Phi) is 4.92. The third kappa shape index (κ3) is 4.08. The highest BCUT2D eigenvalue weighted by Crippen LogP contribution is 2.10. The number of thiazole rings is 1. The van der Waals surface area contributed by atoms with E-state index in [9.17, 15) is 8.78 Å². The maximum absolute atomic E-state index is 11.6. The van der Waals surface area contributed by atoms with Crippen LogP contribution in [-0.4, -0.2) is 29.7 Å². The number of alkyl halides is 2. The highest BCUT2D eigenvalue weighted by atomic mass is 32.1. The zero-order chi connectivity index (χ0) is 10.4. The van der Waals surface area contributed by atoms with E-state index < -0.39 is 13.0 Å². The summed E-state index contributed by atoms with van der Waals surface area (Å²) in [5.41, 5.74) is 0.610. The zero-order valence-electron chi connectivity index (χ0n) is 7.45. The Balaban J connectivity index is 2.18. The number of aliphatic hydroxyl groups excluding tert-OH is 1. The number of hydrogen-bond donors (Lipinski definition) is 1. The van der Waals surface area contributed by atoms with Gasteiger partial charge in [0.1, 0.15) is 6.61 Å². The Hall–Kier alpha value is -0.590. The highest BCUT2D eigenvalue weighted by molar-refractivity contribution is 7.09. The Morgan fingerprint density at radius 3 is 2.93 bits per heavy atom. The van der Waals surface area contributed by atoms with Gasteiger partial charge in [-0.25, -0.2) is 13.8 Å². The quantitative estimate of drug-likeness (QED) is 0.742. The van der Waals surface area contributed by atoms with Crippen molar-refractivity contribution in [1.82, 2.24) is 4.98 Å². The van der Waals surface area contributed by atoms with Crippen molar-refractivity contribution < 1.29 is 18.6 Å². The number of rotatable bonds is 6. The van der Waals surface area contributed by atoms with Crippen LogP contribution in [0.1, 0.15) is 10.7 Å². The molecule has 0 aromatic carbocycles. The molecule has 1 heterocycles. The number of aliphatic hydroxyl groups is 1. The van der Waals surface area contributed by atoms with Gasteiger partial charge < -0.3 is 9.84 Å². The lowest BCUT2D eigenvalue weighted by Crippen LogP contribution is -2.06. The molecule has 0 fully saturated rings. The number of halogens is 2. The predicted octanol–water partition coefficient (Wildman–Crippen LogP) is 1.46. The molecule has 0 atom stereocenters. The van der Waals surface area contributed by atoms with Crippen LogP contribution in [0, 0.1) is 0 Å². The van der Waals surface area contributed by atoms with E-state index in [-0.39, 0.29) is 13.2 Å². The van der Waals surface area contributed by atoms with E-state index in [1.807, 2.05) is 0 Å². The molecule has 1 N–H and O–H groups in total. The summed E-state index contributed by atoms with van der Waals surface area (Å²) in [5.74, 6) is 0. The topological polar surface area (TPSA) is 42.4 Å². The van der Waals surface area contributed by atoms with E-state index in [2.05, 4.69) is 4.98 Å². The summed E-state index contributed by atoms with van der Waals surface area (Å²) in [6.07, 6.45) is -1.91. The summed E-state index contributed by atoms with van der Waals surface area (Å²) < 4.78 is 28.0. The normalized spacial score (nSPS) is 11.1. The molecule has 1 rings (SSSR count). The molecule has 0 aliphatic heterocycles. The fourth-order valence-electron chi connectivity index (χ4n) is 0.868. The van der Waals surface area contributed by atoms with Crippen molar-refractivity contribution in [3.8, 4) is 0 Å². The molecule has 0 radical (unpaired) electrons. The van der Waals surface area contributed by atoms with E-state index in [0.29, 0.717) is 12.1 Å². The van der Waals surface area contributed by atoms with Gasteiger partial charge in [0.2, 0.25) is 0 Å². The highest BCUT2D eigenvalue weighted by Gasteiger charge is 2.03. The number of aromatic nitrogens is 1. The molecule has 0 aliphatic carbocycles. The molecular formula is C8H11F2NO2S. The molecule has 1 aromatic rings. The maximum Gasteiger partial charge on any atom is 0.261 e. The van der Waals surface area contributed by atoms with Crippen LogP contribution in [0.2, 0.25) is 0 Å². The van der Waals surface area contributed by atoms with E-state index in [1.165, 1.54) is 11.3 Å². The molecule has 14 heavy (non-hydrogen) atoms. The lowest BCUT2D eigenvalue weighted by atomic mass is 10.4. The lowest BCUT2D eigenvalue weighted by Gasteiger charge is -2.00. The zero-order valence-corrected chi connectivity index (χ0v) is 8.27. The van der Waals surface area contributed by atoms with Crippen LogP contribution in [-0.2, 0) is 17.8 Å². The summed E-state index contributed by atoms with van der Waals surface area (Å²) in [6.45, 7) is -0.380. The van der Waals surface area contributed by atoms with Gasteiger partial charge in [-0.2, -0.15) is 0 Å². The largest absolute Gasteiger partial charge is 0.390 e. The molecule has 1 aromatic heterocycles. The van der Waals surface area contributed by atoms with Gasteiger partial charge in [-0.15, -0.1) is 11.3 Å². The summed E-state index contributed by atoms with van der Waals surface area (Å²) >= 11 is 1.39. The minimum Gasteiger partial charge on any atom is -0.390 e. The van der Waals surface area contributed by atoms with Crippen molar-refractivity contribution in [2.45, 2.75) is 19.5 Å². The minimum absolute atomic E-state index is 0.0889. The molecule has 6 heteroatoms. The molecule has 0 bridgehead atoms. The number of ether oxygens (including phenoxy) is 1. The summed E-state index contributed by atoms with van der Waals surface area (Å²) in [7, 11) is 0. The molecule has 0 spiro atoms. The van der Waals surface area contributed by atoms with Gasteiger partial charge in [0.05, 0.1) is 23.9 Å². The van der Waals surface area contributed by atoms with E-state index in [1.54, 1.807) is 5.38 Å². The average Bonchev–Trinajstić information content (AvgIpc) is 2.60. The van der Waals surface area contributed by atoms with Crippen LogP contribution in [0.25, 0.3) is 0 Å². The molecule has 0 saturated heterocycles. The first kappa shape index (κ1) is 11.5. The van der Waals surface area contributed by atoms with Crippen LogP contribution in [0.4, 0.5) is 8.78 Å². The van der Waals surface area contributed by atoms with E-state index in [0.717, 1.165) is 5.01 Å². The van der Waals surface area contributed by atoms with Gasteiger partial charge in [0, 0.05) is 11.8 Å². The Bertz CT molecular complexity index is 268. The van der Waals surface area contributed by atoms with Crippen molar-refractivity contribution in [3.63, 3.8) is 0 Å². The standard InChI is InChI=1S/C8H11F2NO2S/c9-7(10)4-13-2-1-8-11-6(3-12)5-14-8/h5,7,12H,1-4H2. The Labute approximate surface area is 84.4 Å².